The van der Waals surface area contributed by atoms with Crippen LogP contribution in [-0.2, 0) is 21.7 Å². The molecule has 0 bridgehead atoms. The van der Waals surface area contributed by atoms with Crippen LogP contribution in [0.25, 0.3) is 16.9 Å². The molecule has 2 aromatic carbocycles. The van der Waals surface area contributed by atoms with Crippen molar-refractivity contribution in [2.45, 2.75) is 32.7 Å². The first-order valence-corrected chi connectivity index (χ1v) is 7.61. The molecule has 1 nitrogen and oxygen atoms in total. The number of hydrogen-bond donors (Lipinski definition) is 0. The summed E-state index contributed by atoms with van der Waals surface area (Å²) in [6.07, 6.45) is 6.34. The van der Waals surface area contributed by atoms with Gasteiger partial charge in [0.05, 0.1) is 0 Å². The molecule has 2 aromatic rings. The molecule has 0 saturated carbocycles. The molecule has 0 saturated heterocycles. The smallest absolute Gasteiger partial charge is 1.00 e. The molecule has 0 atom stereocenters. The summed E-state index contributed by atoms with van der Waals surface area (Å²) in [6, 6.07) is 21.1. The average molecular weight is 470 g/mol. The quantitative estimate of drug-likeness (QED) is 0.424. The summed E-state index contributed by atoms with van der Waals surface area (Å²) in [5.41, 5.74) is 11.9. The zero-order chi connectivity index (χ0) is 16.0. The van der Waals surface area contributed by atoms with Crippen molar-refractivity contribution in [1.82, 2.24) is 0 Å². The molecular weight excluding hydrogens is 437 g/mol. The molecule has 1 aliphatic carbocycles. The van der Waals surface area contributed by atoms with Gasteiger partial charge in [0.15, 0.2) is 0 Å². The van der Waals surface area contributed by atoms with Crippen LogP contribution in [0.4, 0.5) is 0 Å². The van der Waals surface area contributed by atoms with E-state index in [-0.39, 0.29) is 77.9 Å². The van der Waals surface area contributed by atoms with E-state index in [1.807, 2.05) is 20.8 Å². The molecule has 5 heteroatoms. The van der Waals surface area contributed by atoms with E-state index in [2.05, 4.69) is 72.8 Å². The second-order valence-corrected chi connectivity index (χ2v) is 6.40. The minimum Gasteiger partial charge on any atom is -1.00 e. The van der Waals surface area contributed by atoms with Gasteiger partial charge in [-0.3, -0.25) is 6.08 Å². The van der Waals surface area contributed by atoms with Crippen LogP contribution in [0.2, 0.25) is 0 Å². The number of nitrogens with one attached hydrogen (secondary N) is 1. The standard InChI is InChI=1S/C17H13.C4H10N.2CH3.2ClH.H4Si.Ti/c1-3-8-14(9-4-1)16-12-7-13-17(16)15-10-5-2-6-11-15;1-4(2,3)5;;;;;;/h1-6,8-12H,13H2;5H,1-3H3;2*1H3;2*1H;1H4;/q4*-1;;;;+2/p-2. The zero-order valence-corrected chi connectivity index (χ0v) is 19.9. The summed E-state index contributed by atoms with van der Waals surface area (Å²) in [7, 11) is 0. The molecule has 0 spiro atoms. The largest absolute Gasteiger partial charge is 2.00 e. The molecule has 1 aliphatic rings. The second kappa shape index (κ2) is 18.4. The van der Waals surface area contributed by atoms with Gasteiger partial charge in [0.25, 0.3) is 0 Å². The van der Waals surface area contributed by atoms with Gasteiger partial charge < -0.3 is 45.4 Å². The Morgan fingerprint density at radius 1 is 0.786 bits per heavy atom. The van der Waals surface area contributed by atoms with Crippen LogP contribution in [0.5, 0.6) is 0 Å². The molecule has 0 amide bonds. The van der Waals surface area contributed by atoms with Crippen LogP contribution >= 0.6 is 0 Å². The van der Waals surface area contributed by atoms with Gasteiger partial charge in [0, 0.05) is 0 Å². The number of halogens is 2. The molecule has 0 unspecified atom stereocenters. The van der Waals surface area contributed by atoms with E-state index in [4.69, 9.17) is 5.73 Å². The van der Waals surface area contributed by atoms with E-state index in [1.165, 1.54) is 22.3 Å². The van der Waals surface area contributed by atoms with Gasteiger partial charge in [-0.2, -0.15) is 5.57 Å². The first-order chi connectivity index (χ1) is 10.4. The Morgan fingerprint density at radius 3 is 1.54 bits per heavy atom. The van der Waals surface area contributed by atoms with Crippen molar-refractivity contribution in [3.63, 3.8) is 0 Å². The maximum absolute atomic E-state index is 6.94. The number of benzene rings is 2. The molecule has 0 heterocycles. The molecule has 0 radical (unpaired) electrons. The third kappa shape index (κ3) is 13.5. The maximum atomic E-state index is 6.94. The van der Waals surface area contributed by atoms with Crippen molar-refractivity contribution >= 4 is 22.1 Å². The van der Waals surface area contributed by atoms with Crippen LogP contribution in [0.3, 0.4) is 0 Å². The number of hydrogen-bond acceptors (Lipinski definition) is 0. The van der Waals surface area contributed by atoms with Crippen molar-refractivity contribution in [3.8, 4) is 0 Å². The van der Waals surface area contributed by atoms with Gasteiger partial charge in [0.2, 0.25) is 0 Å². The first kappa shape index (κ1) is 38.1. The van der Waals surface area contributed by atoms with Crippen molar-refractivity contribution in [2.75, 3.05) is 0 Å². The zero-order valence-electron chi connectivity index (χ0n) is 16.8. The van der Waals surface area contributed by atoms with Crippen molar-refractivity contribution in [3.05, 3.63) is 105 Å². The predicted octanol–water partition coefficient (Wildman–Crippen LogP) is -0.348. The van der Waals surface area contributed by atoms with E-state index >= 15 is 0 Å². The summed E-state index contributed by atoms with van der Waals surface area (Å²) >= 11 is 0. The summed E-state index contributed by atoms with van der Waals surface area (Å²) < 4.78 is 0. The fourth-order valence-electron chi connectivity index (χ4n) is 2.21. The van der Waals surface area contributed by atoms with Crippen LogP contribution in [-0.4, -0.2) is 16.5 Å². The molecule has 0 aromatic heterocycles. The fraction of sp³-hybridized carbons (Fsp3) is 0.217. The van der Waals surface area contributed by atoms with Gasteiger partial charge in [-0.1, -0.05) is 81.4 Å². The molecule has 28 heavy (non-hydrogen) atoms. The molecule has 1 N–H and O–H groups in total. The normalized spacial score (nSPS) is 10.9. The molecule has 156 valence electrons. The van der Waals surface area contributed by atoms with Crippen molar-refractivity contribution in [1.29, 1.82) is 0 Å². The minimum atomic E-state index is -0.250. The summed E-state index contributed by atoms with van der Waals surface area (Å²) in [4.78, 5) is 0. The topological polar surface area (TPSA) is 23.8 Å². The van der Waals surface area contributed by atoms with E-state index in [0.717, 1.165) is 6.42 Å². The summed E-state index contributed by atoms with van der Waals surface area (Å²) in [5.74, 6) is 0. The van der Waals surface area contributed by atoms with Crippen LogP contribution in [0, 0.1) is 20.9 Å². The monoisotopic (exact) mass is 469 g/mol. The molecule has 0 aliphatic heterocycles. The Balaban J connectivity index is -0.000000146. The van der Waals surface area contributed by atoms with Crippen LogP contribution in [0.1, 0.15) is 38.3 Å². The first-order valence-electron chi connectivity index (χ1n) is 7.61. The Kier molecular flexibility index (Phi) is 25.0. The predicted molar refractivity (Wildman–Crippen MR) is 120 cm³/mol. The Hall–Kier alpha value is -0.609. The van der Waals surface area contributed by atoms with Gasteiger partial charge in [-0.25, -0.2) is 6.08 Å². The van der Waals surface area contributed by atoms with Crippen molar-refractivity contribution < 1.29 is 46.5 Å². The third-order valence-electron chi connectivity index (χ3n) is 3.06. The average Bonchev–Trinajstić information content (AvgIpc) is 2.97. The molecule has 0 fully saturated rings. The maximum Gasteiger partial charge on any atom is 2.00 e. The Labute approximate surface area is 205 Å². The SMILES string of the molecule is CC(C)(C)[NH-].[C-]1=CC(c2ccccc2)=C(c2ccccc2)C1.[CH3-].[CH3-].[Cl-].[Cl-].[SiH4].[Ti+2]. The van der Waals surface area contributed by atoms with Gasteiger partial charge >= 0.3 is 21.7 Å². The van der Waals surface area contributed by atoms with E-state index in [1.54, 1.807) is 0 Å². The third-order valence-corrected chi connectivity index (χ3v) is 3.06. The van der Waals surface area contributed by atoms with Gasteiger partial charge in [0.1, 0.15) is 0 Å². The van der Waals surface area contributed by atoms with Crippen LogP contribution in [0.15, 0.2) is 66.7 Å². The van der Waals surface area contributed by atoms with E-state index < -0.39 is 0 Å². The summed E-state index contributed by atoms with van der Waals surface area (Å²) in [5, 5.41) is 0. The second-order valence-electron chi connectivity index (χ2n) is 6.40. The van der Waals surface area contributed by atoms with E-state index in [0.29, 0.717) is 0 Å². The Morgan fingerprint density at radius 2 is 1.14 bits per heavy atom. The molecular formula is C23H33Cl2NSiTi-4. The number of rotatable bonds is 2. The van der Waals surface area contributed by atoms with Gasteiger partial charge in [-0.15, -0.1) is 23.1 Å². The molecule has 3 rings (SSSR count). The summed E-state index contributed by atoms with van der Waals surface area (Å²) in [6.45, 7) is 5.56. The Bertz CT molecular complexity index is 660. The number of allylic oxidation sites excluding steroid dienone is 4. The van der Waals surface area contributed by atoms with Crippen molar-refractivity contribution in [2.24, 2.45) is 0 Å². The minimum absolute atomic E-state index is 0. The fourth-order valence-corrected chi connectivity index (χ4v) is 2.21. The van der Waals surface area contributed by atoms with Gasteiger partial charge in [-0.05, 0) is 16.5 Å². The van der Waals surface area contributed by atoms with Crippen LogP contribution < -0.4 is 24.8 Å². The van der Waals surface area contributed by atoms with E-state index in [9.17, 15) is 0 Å².